The minimum atomic E-state index is -0.653. The Hall–Kier alpha value is -1.12. The number of hydrogen-bond donors (Lipinski definition) is 1. The van der Waals surface area contributed by atoms with Crippen LogP contribution in [0.15, 0.2) is 11.6 Å². The molecule has 3 fully saturated rings. The number of aliphatic carboxylic acids is 1. The second kappa shape index (κ2) is 6.49. The maximum Gasteiger partial charge on any atom is 0.303 e. The molecule has 4 aliphatic carbocycles. The summed E-state index contributed by atoms with van der Waals surface area (Å²) in [6.07, 6.45) is 13.7. The van der Waals surface area contributed by atoms with E-state index in [1.807, 2.05) is 6.08 Å². The molecule has 0 saturated heterocycles. The molecule has 1 N–H and O–H groups in total. The normalized spacial score (nSPS) is 44.7. The number of ketones is 1. The van der Waals surface area contributed by atoms with E-state index in [0.29, 0.717) is 23.5 Å². The summed E-state index contributed by atoms with van der Waals surface area (Å²) in [6, 6.07) is 0. The van der Waals surface area contributed by atoms with Gasteiger partial charge in [-0.15, -0.1) is 0 Å². The maximum absolute atomic E-state index is 11.9. The van der Waals surface area contributed by atoms with Crippen LogP contribution in [-0.4, -0.2) is 16.9 Å². The molecule has 2 unspecified atom stereocenters. The summed E-state index contributed by atoms with van der Waals surface area (Å²) >= 11 is 0. The number of rotatable bonds is 4. The van der Waals surface area contributed by atoms with Crippen LogP contribution in [0.1, 0.15) is 84.5 Å². The van der Waals surface area contributed by atoms with Gasteiger partial charge in [0, 0.05) is 12.8 Å². The number of carboxylic acids is 1. The van der Waals surface area contributed by atoms with E-state index in [4.69, 9.17) is 5.11 Å². The van der Waals surface area contributed by atoms with Gasteiger partial charge in [0.05, 0.1) is 0 Å². The van der Waals surface area contributed by atoms with Crippen LogP contribution in [0.5, 0.6) is 0 Å². The highest BCUT2D eigenvalue weighted by Crippen LogP contribution is 2.67. The first-order valence-corrected chi connectivity index (χ1v) is 10.8. The summed E-state index contributed by atoms with van der Waals surface area (Å²) in [5.41, 5.74) is 2.14. The Morgan fingerprint density at radius 1 is 1.12 bits per heavy atom. The first-order valence-electron chi connectivity index (χ1n) is 10.8. The molecule has 0 aromatic heterocycles. The van der Waals surface area contributed by atoms with Crippen LogP contribution < -0.4 is 0 Å². The Morgan fingerprint density at radius 2 is 1.92 bits per heavy atom. The zero-order valence-corrected chi connectivity index (χ0v) is 16.4. The van der Waals surface area contributed by atoms with Gasteiger partial charge in [-0.1, -0.05) is 19.4 Å². The number of fused-ring (bicyclic) bond motifs is 5. The van der Waals surface area contributed by atoms with Crippen LogP contribution in [0.3, 0.4) is 0 Å². The average molecular weight is 359 g/mol. The van der Waals surface area contributed by atoms with Crippen LogP contribution in [0.2, 0.25) is 0 Å². The third kappa shape index (κ3) is 2.77. The van der Waals surface area contributed by atoms with Gasteiger partial charge in [-0.3, -0.25) is 9.59 Å². The number of carboxylic acid groups (broad SMARTS) is 1. The van der Waals surface area contributed by atoms with Crippen molar-refractivity contribution in [2.45, 2.75) is 84.5 Å². The molecule has 0 bridgehead atoms. The summed E-state index contributed by atoms with van der Waals surface area (Å²) < 4.78 is 0. The van der Waals surface area contributed by atoms with Gasteiger partial charge in [0.1, 0.15) is 0 Å². The molecule has 0 spiro atoms. The van der Waals surface area contributed by atoms with Crippen molar-refractivity contribution >= 4 is 11.8 Å². The Kier molecular flexibility index (Phi) is 4.56. The van der Waals surface area contributed by atoms with E-state index in [0.717, 1.165) is 49.9 Å². The molecule has 4 rings (SSSR count). The highest BCUT2D eigenvalue weighted by Gasteiger charge is 2.58. The van der Waals surface area contributed by atoms with Crippen molar-refractivity contribution in [3.8, 4) is 0 Å². The van der Waals surface area contributed by atoms with Crippen molar-refractivity contribution in [3.05, 3.63) is 11.6 Å². The molecule has 0 aromatic rings. The molecular weight excluding hydrogens is 324 g/mol. The lowest BCUT2D eigenvalue weighted by Crippen LogP contribution is -2.50. The fraction of sp³-hybridized carbons (Fsp3) is 0.826. The molecule has 3 heteroatoms. The van der Waals surface area contributed by atoms with E-state index < -0.39 is 5.97 Å². The first kappa shape index (κ1) is 18.3. The second-order valence-corrected chi connectivity index (χ2v) is 10.1. The third-order valence-electron chi connectivity index (χ3n) is 9.10. The lowest BCUT2D eigenvalue weighted by Gasteiger charge is -2.58. The van der Waals surface area contributed by atoms with E-state index in [1.54, 1.807) is 0 Å². The largest absolute Gasteiger partial charge is 0.481 e. The molecule has 6 atom stereocenters. The Balaban J connectivity index is 1.52. The minimum Gasteiger partial charge on any atom is -0.481 e. The molecule has 0 aromatic carbocycles. The highest BCUT2D eigenvalue weighted by molar-refractivity contribution is 5.91. The number of carbonyl (C=O) groups is 2. The molecule has 3 saturated carbocycles. The van der Waals surface area contributed by atoms with Gasteiger partial charge in [0.25, 0.3) is 0 Å². The van der Waals surface area contributed by atoms with Gasteiger partial charge in [-0.2, -0.15) is 0 Å². The molecular formula is C23H34O3. The van der Waals surface area contributed by atoms with Gasteiger partial charge in [0.2, 0.25) is 0 Å². The van der Waals surface area contributed by atoms with E-state index in [2.05, 4.69) is 13.8 Å². The fourth-order valence-electron chi connectivity index (χ4n) is 7.64. The molecule has 4 aliphatic rings. The van der Waals surface area contributed by atoms with Gasteiger partial charge in [-0.25, -0.2) is 0 Å². The lowest BCUT2D eigenvalue weighted by atomic mass is 9.46. The van der Waals surface area contributed by atoms with Gasteiger partial charge >= 0.3 is 5.97 Å². The van der Waals surface area contributed by atoms with E-state index in [-0.39, 0.29) is 5.41 Å². The van der Waals surface area contributed by atoms with Crippen molar-refractivity contribution in [2.24, 2.45) is 34.5 Å². The lowest BCUT2D eigenvalue weighted by molar-refractivity contribution is -0.137. The zero-order valence-electron chi connectivity index (χ0n) is 16.4. The highest BCUT2D eigenvalue weighted by atomic mass is 16.4. The van der Waals surface area contributed by atoms with Gasteiger partial charge in [0.15, 0.2) is 5.78 Å². The first-order chi connectivity index (χ1) is 12.3. The summed E-state index contributed by atoms with van der Waals surface area (Å²) in [5.74, 6) is 2.79. The monoisotopic (exact) mass is 358 g/mol. The molecule has 3 nitrogen and oxygen atoms in total. The summed E-state index contributed by atoms with van der Waals surface area (Å²) in [4.78, 5) is 22.8. The third-order valence-corrected chi connectivity index (χ3v) is 9.10. The van der Waals surface area contributed by atoms with Crippen molar-refractivity contribution in [2.75, 3.05) is 0 Å². The molecule has 0 aliphatic heterocycles. The quantitative estimate of drug-likeness (QED) is 0.733. The van der Waals surface area contributed by atoms with Gasteiger partial charge < -0.3 is 5.11 Å². The standard InChI is InChI=1S/C23H34O3/c1-22-13-11-20-18(8-6-16-14-17(24)10-12-23(16,20)2)19(22)9-7-15(22)4-3-5-21(25)26/h14-15,18-20H,3-13H2,1-2H3,(H,25,26)/t15-,18-,19?,20?,22+,23-/m0/s1. The predicted molar refractivity (Wildman–Crippen MR) is 102 cm³/mol. The Morgan fingerprint density at radius 3 is 2.69 bits per heavy atom. The van der Waals surface area contributed by atoms with Crippen molar-refractivity contribution in [1.29, 1.82) is 0 Å². The maximum atomic E-state index is 11.9. The van der Waals surface area contributed by atoms with Crippen molar-refractivity contribution in [3.63, 3.8) is 0 Å². The van der Waals surface area contributed by atoms with Crippen LogP contribution in [-0.2, 0) is 9.59 Å². The number of allylic oxidation sites excluding steroid dienone is 1. The minimum absolute atomic E-state index is 0.263. The van der Waals surface area contributed by atoms with E-state index in [1.165, 1.54) is 37.7 Å². The molecule has 0 heterocycles. The molecule has 0 amide bonds. The Bertz CT molecular complexity index is 635. The number of carbonyl (C=O) groups excluding carboxylic acids is 1. The summed E-state index contributed by atoms with van der Waals surface area (Å²) in [7, 11) is 0. The summed E-state index contributed by atoms with van der Waals surface area (Å²) in [6.45, 7) is 4.97. The topological polar surface area (TPSA) is 54.4 Å². The van der Waals surface area contributed by atoms with Gasteiger partial charge in [-0.05, 0) is 98.4 Å². The summed E-state index contributed by atoms with van der Waals surface area (Å²) in [5, 5.41) is 8.97. The molecule has 144 valence electrons. The molecule has 0 radical (unpaired) electrons. The van der Waals surface area contributed by atoms with Crippen LogP contribution in [0.4, 0.5) is 0 Å². The van der Waals surface area contributed by atoms with Crippen LogP contribution >= 0.6 is 0 Å². The predicted octanol–water partition coefficient (Wildman–Crippen LogP) is 5.39. The van der Waals surface area contributed by atoms with E-state index in [9.17, 15) is 9.59 Å². The van der Waals surface area contributed by atoms with Crippen molar-refractivity contribution < 1.29 is 14.7 Å². The van der Waals surface area contributed by atoms with Crippen molar-refractivity contribution in [1.82, 2.24) is 0 Å². The van der Waals surface area contributed by atoms with E-state index >= 15 is 0 Å². The second-order valence-electron chi connectivity index (χ2n) is 10.1. The average Bonchev–Trinajstić information content (AvgIpc) is 2.92. The smallest absolute Gasteiger partial charge is 0.303 e. The SMILES string of the molecule is C[C@]12CCC(=O)C=C1CC[C@@H]1C2CC[C@@]2(C)C1CC[C@@H]2CCCC(=O)O. The zero-order chi connectivity index (χ0) is 18.5. The number of hydrogen-bond acceptors (Lipinski definition) is 2. The van der Waals surface area contributed by atoms with Crippen LogP contribution in [0, 0.1) is 34.5 Å². The fourth-order valence-corrected chi connectivity index (χ4v) is 7.64. The molecule has 26 heavy (non-hydrogen) atoms. The van der Waals surface area contributed by atoms with Crippen LogP contribution in [0.25, 0.3) is 0 Å². The Labute approximate surface area is 157 Å².